The first kappa shape index (κ1) is 14.4. The summed E-state index contributed by atoms with van der Waals surface area (Å²) in [7, 11) is 0. The molecule has 3 rings (SSSR count). The van der Waals surface area contributed by atoms with Gasteiger partial charge in [0.2, 0.25) is 0 Å². The maximum atomic E-state index is 11.2. The molecule has 0 bridgehead atoms. The van der Waals surface area contributed by atoms with Crippen LogP contribution in [-0.2, 0) is 13.0 Å². The zero-order chi connectivity index (χ0) is 14.7. The van der Waals surface area contributed by atoms with E-state index in [0.29, 0.717) is 24.5 Å². The van der Waals surface area contributed by atoms with Gasteiger partial charge < -0.3 is 9.47 Å². The van der Waals surface area contributed by atoms with Crippen molar-refractivity contribution in [3.8, 4) is 11.5 Å². The van der Waals surface area contributed by atoms with E-state index in [9.17, 15) is 4.79 Å². The predicted molar refractivity (Wildman–Crippen MR) is 89.1 cm³/mol. The van der Waals surface area contributed by atoms with Crippen molar-refractivity contribution in [2.45, 2.75) is 19.4 Å². The van der Waals surface area contributed by atoms with E-state index in [1.54, 1.807) is 6.07 Å². The molecule has 0 fully saturated rings. The maximum absolute atomic E-state index is 11.2. The Morgan fingerprint density at radius 1 is 1.29 bits per heavy atom. The predicted octanol–water partition coefficient (Wildman–Crippen LogP) is 4.01. The number of hydrogen-bond acceptors (Lipinski definition) is 3. The largest absolute Gasteiger partial charge is 0.489 e. The minimum atomic E-state index is 0.468. The van der Waals surface area contributed by atoms with Crippen LogP contribution in [0.1, 0.15) is 27.9 Å². The van der Waals surface area contributed by atoms with Crippen LogP contribution in [0.2, 0.25) is 0 Å². The van der Waals surface area contributed by atoms with Gasteiger partial charge in [-0.2, -0.15) is 0 Å². The van der Waals surface area contributed by atoms with Gasteiger partial charge in [-0.3, -0.25) is 4.79 Å². The molecular weight excluding hydrogens is 379 g/mol. The summed E-state index contributed by atoms with van der Waals surface area (Å²) in [5, 5.41) is 0. The summed E-state index contributed by atoms with van der Waals surface area (Å²) in [5.74, 6) is 1.46. The average molecular weight is 394 g/mol. The smallest absolute Gasteiger partial charge is 0.165 e. The van der Waals surface area contributed by atoms with E-state index in [1.807, 2.05) is 30.3 Å². The quantitative estimate of drug-likeness (QED) is 0.581. The Kier molecular flexibility index (Phi) is 4.43. The maximum Gasteiger partial charge on any atom is 0.165 e. The summed E-state index contributed by atoms with van der Waals surface area (Å²) in [6.45, 7) is 1.17. The molecule has 2 aromatic carbocycles. The van der Waals surface area contributed by atoms with E-state index < -0.39 is 0 Å². The monoisotopic (exact) mass is 394 g/mol. The molecule has 2 aromatic rings. The lowest BCUT2D eigenvalue weighted by molar-refractivity contribution is 0.112. The molecule has 0 spiro atoms. The summed E-state index contributed by atoms with van der Waals surface area (Å²) in [4.78, 5) is 11.2. The lowest BCUT2D eigenvalue weighted by atomic mass is 10.0. The van der Waals surface area contributed by atoms with Crippen molar-refractivity contribution in [2.24, 2.45) is 0 Å². The number of rotatable bonds is 4. The van der Waals surface area contributed by atoms with Crippen molar-refractivity contribution in [1.82, 2.24) is 0 Å². The number of carbonyl (C=O) groups excluding carboxylic acids is 1. The van der Waals surface area contributed by atoms with Gasteiger partial charge in [-0.15, -0.1) is 0 Å². The summed E-state index contributed by atoms with van der Waals surface area (Å²) in [6, 6.07) is 11.7. The average Bonchev–Trinajstić information content (AvgIpc) is 2.55. The van der Waals surface area contributed by atoms with Gasteiger partial charge >= 0.3 is 0 Å². The fourth-order valence-corrected chi connectivity index (χ4v) is 3.22. The van der Waals surface area contributed by atoms with Gasteiger partial charge in [-0.25, -0.2) is 0 Å². The van der Waals surface area contributed by atoms with Crippen molar-refractivity contribution in [1.29, 1.82) is 0 Å². The zero-order valence-electron chi connectivity index (χ0n) is 11.5. The van der Waals surface area contributed by atoms with Gasteiger partial charge in [0.05, 0.1) is 6.61 Å². The molecule has 0 aromatic heterocycles. The number of fused-ring (bicyclic) bond motifs is 1. The number of aldehydes is 1. The lowest BCUT2D eigenvalue weighted by Gasteiger charge is -2.22. The molecule has 21 heavy (non-hydrogen) atoms. The number of carbonyl (C=O) groups is 1. The number of hydrogen-bond donors (Lipinski definition) is 0. The van der Waals surface area contributed by atoms with E-state index in [2.05, 4.69) is 22.6 Å². The number of benzene rings is 2. The van der Waals surface area contributed by atoms with E-state index in [1.165, 1.54) is 0 Å². The van der Waals surface area contributed by atoms with Crippen LogP contribution in [0.15, 0.2) is 36.4 Å². The zero-order valence-corrected chi connectivity index (χ0v) is 13.6. The molecule has 0 N–H and O–H groups in total. The fraction of sp³-hybridized carbons (Fsp3) is 0.235. The van der Waals surface area contributed by atoms with Gasteiger partial charge in [-0.05, 0) is 47.1 Å². The first-order chi connectivity index (χ1) is 10.3. The van der Waals surface area contributed by atoms with E-state index >= 15 is 0 Å². The molecule has 0 saturated carbocycles. The first-order valence-electron chi connectivity index (χ1n) is 6.89. The Balaban J connectivity index is 1.92. The third-order valence-corrected chi connectivity index (χ3v) is 4.76. The van der Waals surface area contributed by atoms with E-state index in [-0.39, 0.29) is 0 Å². The van der Waals surface area contributed by atoms with Crippen molar-refractivity contribution >= 4 is 28.9 Å². The highest BCUT2D eigenvalue weighted by Crippen LogP contribution is 2.39. The van der Waals surface area contributed by atoms with Crippen LogP contribution in [0.4, 0.5) is 0 Å². The van der Waals surface area contributed by atoms with E-state index in [4.69, 9.17) is 9.47 Å². The van der Waals surface area contributed by atoms with Crippen LogP contribution in [0.5, 0.6) is 11.5 Å². The van der Waals surface area contributed by atoms with Crippen LogP contribution >= 0.6 is 22.6 Å². The molecule has 4 heteroatoms. The molecular formula is C17H15IO3. The third-order valence-electron chi connectivity index (χ3n) is 3.48. The minimum absolute atomic E-state index is 0.468. The Labute approximate surface area is 137 Å². The van der Waals surface area contributed by atoms with Crippen molar-refractivity contribution in [3.05, 3.63) is 56.7 Å². The van der Waals surface area contributed by atoms with Gasteiger partial charge in [0.15, 0.2) is 17.8 Å². The second-order valence-corrected chi connectivity index (χ2v) is 6.01. The van der Waals surface area contributed by atoms with Crippen LogP contribution in [0.3, 0.4) is 0 Å². The summed E-state index contributed by atoms with van der Waals surface area (Å²) in [6.07, 6.45) is 2.78. The molecule has 0 aliphatic carbocycles. The fourth-order valence-electron chi connectivity index (χ4n) is 2.43. The Bertz CT molecular complexity index is 653. The molecule has 108 valence electrons. The summed E-state index contributed by atoms with van der Waals surface area (Å²) < 4.78 is 12.7. The second kappa shape index (κ2) is 6.47. The number of ether oxygens (including phenoxy) is 2. The standard InChI is InChI=1S/C17H15IO3/c18-16-13(10-19)9-15(17-14(16)7-4-8-20-17)21-11-12-5-2-1-3-6-12/h1-3,5-6,9-10H,4,7-8,11H2. The van der Waals surface area contributed by atoms with E-state index in [0.717, 1.165) is 39.6 Å². The summed E-state index contributed by atoms with van der Waals surface area (Å²) in [5.41, 5.74) is 2.85. The Hall–Kier alpha value is -1.56. The Morgan fingerprint density at radius 3 is 2.86 bits per heavy atom. The van der Waals surface area contributed by atoms with Gasteiger partial charge in [0, 0.05) is 14.7 Å². The third kappa shape index (κ3) is 3.05. The van der Waals surface area contributed by atoms with Crippen LogP contribution in [-0.4, -0.2) is 12.9 Å². The SMILES string of the molecule is O=Cc1cc(OCc2ccccc2)c2c(c1I)CCCO2. The van der Waals surface area contributed by atoms with Crippen molar-refractivity contribution < 1.29 is 14.3 Å². The highest BCUT2D eigenvalue weighted by Gasteiger charge is 2.21. The van der Waals surface area contributed by atoms with Crippen LogP contribution < -0.4 is 9.47 Å². The molecule has 0 atom stereocenters. The molecule has 0 saturated heterocycles. The van der Waals surface area contributed by atoms with Crippen LogP contribution in [0, 0.1) is 3.57 Å². The lowest BCUT2D eigenvalue weighted by Crippen LogP contribution is -2.13. The summed E-state index contributed by atoms with van der Waals surface area (Å²) >= 11 is 2.21. The molecule has 0 radical (unpaired) electrons. The minimum Gasteiger partial charge on any atom is -0.489 e. The van der Waals surface area contributed by atoms with Crippen molar-refractivity contribution in [3.63, 3.8) is 0 Å². The highest BCUT2D eigenvalue weighted by atomic mass is 127. The highest BCUT2D eigenvalue weighted by molar-refractivity contribution is 14.1. The van der Waals surface area contributed by atoms with Gasteiger partial charge in [-0.1, -0.05) is 30.3 Å². The topological polar surface area (TPSA) is 35.5 Å². The van der Waals surface area contributed by atoms with Crippen LogP contribution in [0.25, 0.3) is 0 Å². The Morgan fingerprint density at radius 2 is 2.10 bits per heavy atom. The number of halogens is 1. The first-order valence-corrected chi connectivity index (χ1v) is 7.97. The molecule has 1 aliphatic heterocycles. The second-order valence-electron chi connectivity index (χ2n) is 4.93. The molecule has 1 aliphatic rings. The van der Waals surface area contributed by atoms with Gasteiger partial charge in [0.25, 0.3) is 0 Å². The molecule has 3 nitrogen and oxygen atoms in total. The van der Waals surface area contributed by atoms with Gasteiger partial charge in [0.1, 0.15) is 6.61 Å². The molecule has 0 amide bonds. The normalized spacial score (nSPS) is 13.2. The molecule has 1 heterocycles. The van der Waals surface area contributed by atoms with Crippen molar-refractivity contribution in [2.75, 3.05) is 6.61 Å². The molecule has 0 unspecified atom stereocenters.